The van der Waals surface area contributed by atoms with Crippen LogP contribution in [0.3, 0.4) is 0 Å². The minimum atomic E-state index is 0.0463. The van der Waals surface area contributed by atoms with Crippen LogP contribution < -0.4 is 5.32 Å². The minimum Gasteiger partial charge on any atom is -0.326 e. The maximum atomic E-state index is 12.5. The molecule has 0 saturated heterocycles. The van der Waals surface area contributed by atoms with E-state index in [9.17, 15) is 4.79 Å². The van der Waals surface area contributed by atoms with Crippen molar-refractivity contribution in [3.63, 3.8) is 0 Å². The van der Waals surface area contributed by atoms with Gasteiger partial charge >= 0.3 is 0 Å². The molecule has 0 aliphatic carbocycles. The fourth-order valence-electron chi connectivity index (χ4n) is 2.85. The smallest absolute Gasteiger partial charge is 0.224 e. The molecule has 1 N–H and O–H groups in total. The molecule has 0 spiro atoms. The summed E-state index contributed by atoms with van der Waals surface area (Å²) in [7, 11) is 0. The highest BCUT2D eigenvalue weighted by atomic mass is 35.5. The van der Waals surface area contributed by atoms with Crippen LogP contribution in [0.15, 0.2) is 42.5 Å². The van der Waals surface area contributed by atoms with Crippen LogP contribution in [0, 0.1) is 0 Å². The van der Waals surface area contributed by atoms with Gasteiger partial charge in [-0.1, -0.05) is 69.6 Å². The van der Waals surface area contributed by atoms with Gasteiger partial charge in [0, 0.05) is 17.1 Å². The van der Waals surface area contributed by atoms with Crippen LogP contribution in [-0.4, -0.2) is 5.91 Å². The van der Waals surface area contributed by atoms with Crippen molar-refractivity contribution in [2.45, 2.75) is 52.4 Å². The molecular formula is C21H26ClNO. The Morgan fingerprint density at radius 3 is 2.12 bits per heavy atom. The lowest BCUT2D eigenvalue weighted by atomic mass is 9.92. The standard InChI is InChI=1S/C21H26ClNO/c1-14(2)18-9-6-10-19(15(3)4)21(18)23-20(24)12-11-16-7-5-8-17(22)13-16/h5-10,13-15H,11-12H2,1-4H3,(H,23,24). The molecule has 0 fully saturated rings. The lowest BCUT2D eigenvalue weighted by molar-refractivity contribution is -0.116. The van der Waals surface area contributed by atoms with Gasteiger partial charge in [-0.3, -0.25) is 4.79 Å². The fourth-order valence-corrected chi connectivity index (χ4v) is 3.06. The molecule has 1 amide bonds. The first-order valence-corrected chi connectivity index (χ1v) is 8.93. The highest BCUT2D eigenvalue weighted by Gasteiger charge is 2.15. The van der Waals surface area contributed by atoms with Gasteiger partial charge in [-0.2, -0.15) is 0 Å². The number of benzene rings is 2. The number of aryl methyl sites for hydroxylation is 1. The summed E-state index contributed by atoms with van der Waals surface area (Å²) < 4.78 is 0. The molecule has 0 aliphatic rings. The summed E-state index contributed by atoms with van der Waals surface area (Å²) >= 11 is 6.00. The molecule has 0 atom stereocenters. The third kappa shape index (κ3) is 4.85. The zero-order valence-electron chi connectivity index (χ0n) is 14.9. The van der Waals surface area contributed by atoms with Crippen LogP contribution in [0.4, 0.5) is 5.69 Å². The number of hydrogen-bond donors (Lipinski definition) is 1. The molecule has 0 unspecified atom stereocenters. The Hall–Kier alpha value is -1.80. The van der Waals surface area contributed by atoms with Gasteiger partial charge in [-0.05, 0) is 47.1 Å². The fraction of sp³-hybridized carbons (Fsp3) is 0.381. The van der Waals surface area contributed by atoms with Gasteiger partial charge in [-0.15, -0.1) is 0 Å². The van der Waals surface area contributed by atoms with Crippen LogP contribution in [0.25, 0.3) is 0 Å². The molecular weight excluding hydrogens is 318 g/mol. The van der Waals surface area contributed by atoms with E-state index in [0.717, 1.165) is 11.3 Å². The quantitative estimate of drug-likeness (QED) is 0.668. The summed E-state index contributed by atoms with van der Waals surface area (Å²) in [4.78, 5) is 12.5. The molecule has 2 rings (SSSR count). The van der Waals surface area contributed by atoms with E-state index in [1.807, 2.05) is 24.3 Å². The van der Waals surface area contributed by atoms with E-state index in [1.165, 1.54) is 11.1 Å². The Kier molecular flexibility index (Phi) is 6.44. The summed E-state index contributed by atoms with van der Waals surface area (Å²) in [5.41, 5.74) is 4.45. The number of nitrogens with one attached hydrogen (secondary N) is 1. The molecule has 128 valence electrons. The lowest BCUT2D eigenvalue weighted by Crippen LogP contribution is -2.16. The molecule has 2 aromatic carbocycles. The summed E-state index contributed by atoms with van der Waals surface area (Å²) in [6.07, 6.45) is 1.14. The van der Waals surface area contributed by atoms with Crippen LogP contribution >= 0.6 is 11.6 Å². The predicted octanol–water partition coefficient (Wildman–Crippen LogP) is 6.16. The van der Waals surface area contributed by atoms with E-state index in [0.29, 0.717) is 29.7 Å². The third-order valence-electron chi connectivity index (χ3n) is 4.17. The van der Waals surface area contributed by atoms with Gasteiger partial charge in [0.2, 0.25) is 5.91 Å². The van der Waals surface area contributed by atoms with Gasteiger partial charge in [-0.25, -0.2) is 0 Å². The van der Waals surface area contributed by atoms with Gasteiger partial charge in [0.05, 0.1) is 0 Å². The topological polar surface area (TPSA) is 29.1 Å². The molecule has 3 heteroatoms. The number of carbonyl (C=O) groups is 1. The molecule has 0 aliphatic heterocycles. The van der Waals surface area contributed by atoms with Crippen LogP contribution in [0.2, 0.25) is 5.02 Å². The van der Waals surface area contributed by atoms with Crippen molar-refractivity contribution in [2.75, 3.05) is 5.32 Å². The Labute approximate surface area is 150 Å². The summed E-state index contributed by atoms with van der Waals surface area (Å²) in [6.45, 7) is 8.62. The van der Waals surface area contributed by atoms with E-state index in [4.69, 9.17) is 11.6 Å². The van der Waals surface area contributed by atoms with Crippen LogP contribution in [0.5, 0.6) is 0 Å². The van der Waals surface area contributed by atoms with Crippen molar-refractivity contribution in [2.24, 2.45) is 0 Å². The average molecular weight is 344 g/mol. The highest BCUT2D eigenvalue weighted by Crippen LogP contribution is 2.32. The van der Waals surface area contributed by atoms with Crippen LogP contribution in [0.1, 0.15) is 62.6 Å². The van der Waals surface area contributed by atoms with Crippen molar-refractivity contribution >= 4 is 23.2 Å². The normalized spacial score (nSPS) is 11.1. The minimum absolute atomic E-state index is 0.0463. The second kappa shape index (κ2) is 8.34. The molecule has 0 bridgehead atoms. The number of carbonyl (C=O) groups excluding carboxylic acids is 1. The Morgan fingerprint density at radius 1 is 1.00 bits per heavy atom. The first-order chi connectivity index (χ1) is 11.4. The van der Waals surface area contributed by atoms with Gasteiger partial charge < -0.3 is 5.32 Å². The van der Waals surface area contributed by atoms with E-state index in [2.05, 4.69) is 51.2 Å². The maximum Gasteiger partial charge on any atom is 0.224 e. The van der Waals surface area contributed by atoms with Gasteiger partial charge in [0.25, 0.3) is 0 Å². The Bertz CT molecular complexity index is 680. The number of halogens is 1. The molecule has 24 heavy (non-hydrogen) atoms. The average Bonchev–Trinajstić information content (AvgIpc) is 2.52. The number of anilines is 1. The predicted molar refractivity (Wildman–Crippen MR) is 103 cm³/mol. The third-order valence-corrected chi connectivity index (χ3v) is 4.40. The molecule has 0 saturated carbocycles. The second-order valence-corrected chi connectivity index (χ2v) is 7.24. The molecule has 2 nitrogen and oxygen atoms in total. The largest absolute Gasteiger partial charge is 0.326 e. The maximum absolute atomic E-state index is 12.5. The zero-order chi connectivity index (χ0) is 17.7. The number of rotatable bonds is 6. The monoisotopic (exact) mass is 343 g/mol. The van der Waals surface area contributed by atoms with Gasteiger partial charge in [0.15, 0.2) is 0 Å². The van der Waals surface area contributed by atoms with Crippen LogP contribution in [-0.2, 0) is 11.2 Å². The SMILES string of the molecule is CC(C)c1cccc(C(C)C)c1NC(=O)CCc1cccc(Cl)c1. The van der Waals surface area contributed by atoms with Crippen molar-refractivity contribution < 1.29 is 4.79 Å². The molecule has 0 radical (unpaired) electrons. The first kappa shape index (κ1) is 18.5. The summed E-state index contributed by atoms with van der Waals surface area (Å²) in [5, 5.41) is 3.86. The number of amides is 1. The zero-order valence-corrected chi connectivity index (χ0v) is 15.7. The number of para-hydroxylation sites is 1. The second-order valence-electron chi connectivity index (χ2n) is 6.80. The van der Waals surface area contributed by atoms with Gasteiger partial charge in [0.1, 0.15) is 0 Å². The van der Waals surface area contributed by atoms with Crippen molar-refractivity contribution in [3.05, 3.63) is 64.2 Å². The van der Waals surface area contributed by atoms with Crippen molar-refractivity contribution in [1.29, 1.82) is 0 Å². The summed E-state index contributed by atoms with van der Waals surface area (Å²) in [6, 6.07) is 14.0. The molecule has 0 heterocycles. The number of hydrogen-bond acceptors (Lipinski definition) is 1. The first-order valence-electron chi connectivity index (χ1n) is 8.55. The molecule has 2 aromatic rings. The van der Waals surface area contributed by atoms with E-state index in [-0.39, 0.29) is 5.91 Å². The van der Waals surface area contributed by atoms with Crippen molar-refractivity contribution in [3.8, 4) is 0 Å². The Morgan fingerprint density at radius 2 is 1.58 bits per heavy atom. The van der Waals surface area contributed by atoms with Crippen molar-refractivity contribution in [1.82, 2.24) is 0 Å². The van der Waals surface area contributed by atoms with E-state index < -0.39 is 0 Å². The van der Waals surface area contributed by atoms with E-state index in [1.54, 1.807) is 0 Å². The lowest BCUT2D eigenvalue weighted by Gasteiger charge is -2.20. The highest BCUT2D eigenvalue weighted by molar-refractivity contribution is 6.30. The summed E-state index contributed by atoms with van der Waals surface area (Å²) in [5.74, 6) is 0.781. The Balaban J connectivity index is 2.13. The molecule has 0 aromatic heterocycles. The van der Waals surface area contributed by atoms with E-state index >= 15 is 0 Å².